The topological polar surface area (TPSA) is 76.1 Å². The number of aliphatic carboxylic acids is 1. The molecular formula is C27H27NO5. The van der Waals surface area contributed by atoms with Gasteiger partial charge in [-0.3, -0.25) is 4.79 Å². The molecule has 3 rings (SSSR count). The molecule has 6 nitrogen and oxygen atoms in total. The molecule has 0 bridgehead atoms. The number of carbonyl (C=O) groups excluding carboxylic acids is 1. The summed E-state index contributed by atoms with van der Waals surface area (Å²) < 4.78 is 11.2. The highest BCUT2D eigenvalue weighted by atomic mass is 16.6. The summed E-state index contributed by atoms with van der Waals surface area (Å²) in [5, 5.41) is 8.67. The van der Waals surface area contributed by atoms with Crippen molar-refractivity contribution in [2.45, 2.75) is 19.3 Å². The lowest BCUT2D eigenvalue weighted by Gasteiger charge is -2.22. The molecule has 0 aromatic heterocycles. The number of nitrogens with zero attached hydrogens (tertiary/aromatic N) is 1. The van der Waals surface area contributed by atoms with Crippen molar-refractivity contribution in [2.24, 2.45) is 0 Å². The summed E-state index contributed by atoms with van der Waals surface area (Å²) in [6.07, 6.45) is 4.59. The number of anilines is 2. The van der Waals surface area contributed by atoms with E-state index >= 15 is 0 Å². The van der Waals surface area contributed by atoms with E-state index in [1.54, 1.807) is 6.08 Å². The van der Waals surface area contributed by atoms with Crippen LogP contribution in [0.5, 0.6) is 5.75 Å². The molecule has 170 valence electrons. The van der Waals surface area contributed by atoms with E-state index in [0.29, 0.717) is 25.2 Å². The molecule has 0 fully saturated rings. The van der Waals surface area contributed by atoms with Crippen molar-refractivity contribution in [3.63, 3.8) is 0 Å². The van der Waals surface area contributed by atoms with Crippen molar-refractivity contribution < 1.29 is 24.2 Å². The van der Waals surface area contributed by atoms with Gasteiger partial charge < -0.3 is 14.6 Å². The van der Waals surface area contributed by atoms with Gasteiger partial charge in [0, 0.05) is 6.42 Å². The summed E-state index contributed by atoms with van der Waals surface area (Å²) in [7, 11) is 0. The summed E-state index contributed by atoms with van der Waals surface area (Å²) in [6, 6.07) is 26.3. The van der Waals surface area contributed by atoms with Crippen LogP contribution in [0.25, 0.3) is 6.08 Å². The molecule has 6 heteroatoms. The zero-order valence-corrected chi connectivity index (χ0v) is 18.3. The average Bonchev–Trinajstić information content (AvgIpc) is 2.83. The second kappa shape index (κ2) is 12.7. The number of hydrogen-bond acceptors (Lipinski definition) is 4. The van der Waals surface area contributed by atoms with Crippen LogP contribution in [-0.4, -0.2) is 30.4 Å². The first-order valence-corrected chi connectivity index (χ1v) is 10.8. The smallest absolute Gasteiger partial charge is 0.419 e. The van der Waals surface area contributed by atoms with Crippen LogP contribution in [0.3, 0.4) is 0 Å². The minimum atomic E-state index is -0.793. The Balaban J connectivity index is 1.54. The Morgan fingerprint density at radius 2 is 1.52 bits per heavy atom. The molecule has 1 N–H and O–H groups in total. The number of unbranched alkanes of at least 4 members (excludes halogenated alkanes) is 1. The predicted octanol–water partition coefficient (Wildman–Crippen LogP) is 6.31. The van der Waals surface area contributed by atoms with Gasteiger partial charge in [0.1, 0.15) is 12.4 Å². The number of carboxylic acid groups (broad SMARTS) is 1. The molecule has 1 amide bonds. The van der Waals surface area contributed by atoms with E-state index < -0.39 is 12.1 Å². The normalized spacial score (nSPS) is 10.7. The molecule has 0 unspecified atom stereocenters. The maximum absolute atomic E-state index is 12.8. The average molecular weight is 446 g/mol. The molecule has 3 aromatic carbocycles. The highest BCUT2D eigenvalue weighted by molar-refractivity contribution is 5.95. The third kappa shape index (κ3) is 7.85. The van der Waals surface area contributed by atoms with Crippen LogP contribution in [0.2, 0.25) is 0 Å². The molecule has 0 aliphatic rings. The Labute approximate surface area is 193 Å². The lowest BCUT2D eigenvalue weighted by atomic mass is 10.2. The second-order valence-corrected chi connectivity index (χ2v) is 7.26. The Bertz CT molecular complexity index is 1010. The maximum atomic E-state index is 12.8. The predicted molar refractivity (Wildman–Crippen MR) is 129 cm³/mol. The fourth-order valence-corrected chi connectivity index (χ4v) is 3.16. The SMILES string of the molecule is O=C(O)CCCCOc1cccc(C=CCOC(=O)N(c2ccccc2)c2ccccc2)c1. The molecule has 0 saturated heterocycles. The second-order valence-electron chi connectivity index (χ2n) is 7.26. The summed E-state index contributed by atoms with van der Waals surface area (Å²) in [6.45, 7) is 0.585. The lowest BCUT2D eigenvalue weighted by molar-refractivity contribution is -0.137. The quantitative estimate of drug-likeness (QED) is 0.350. The Morgan fingerprint density at radius 1 is 0.848 bits per heavy atom. The Morgan fingerprint density at radius 3 is 2.15 bits per heavy atom. The zero-order chi connectivity index (χ0) is 23.3. The van der Waals surface area contributed by atoms with E-state index in [2.05, 4.69) is 0 Å². The van der Waals surface area contributed by atoms with Crippen LogP contribution in [0, 0.1) is 0 Å². The highest BCUT2D eigenvalue weighted by Gasteiger charge is 2.18. The van der Waals surface area contributed by atoms with Gasteiger partial charge in [-0.25, -0.2) is 9.69 Å². The van der Waals surface area contributed by atoms with Crippen molar-refractivity contribution in [2.75, 3.05) is 18.1 Å². The number of para-hydroxylation sites is 2. The number of rotatable bonds is 11. The molecule has 0 radical (unpaired) electrons. The van der Waals surface area contributed by atoms with Crippen LogP contribution in [0.1, 0.15) is 24.8 Å². The number of ether oxygens (including phenoxy) is 2. The third-order valence-electron chi connectivity index (χ3n) is 4.74. The van der Waals surface area contributed by atoms with Crippen molar-refractivity contribution in [1.29, 1.82) is 0 Å². The van der Waals surface area contributed by atoms with Crippen LogP contribution in [-0.2, 0) is 9.53 Å². The molecule has 3 aromatic rings. The number of amides is 1. The molecule has 0 spiro atoms. The van der Waals surface area contributed by atoms with E-state index in [9.17, 15) is 9.59 Å². The highest BCUT2D eigenvalue weighted by Crippen LogP contribution is 2.25. The summed E-state index contributed by atoms with van der Waals surface area (Å²) >= 11 is 0. The van der Waals surface area contributed by atoms with Gasteiger partial charge in [-0.2, -0.15) is 0 Å². The largest absolute Gasteiger partial charge is 0.494 e. The van der Waals surface area contributed by atoms with E-state index in [1.165, 1.54) is 4.90 Å². The van der Waals surface area contributed by atoms with Crippen molar-refractivity contribution >= 4 is 29.5 Å². The van der Waals surface area contributed by atoms with Gasteiger partial charge in [-0.05, 0) is 60.9 Å². The van der Waals surface area contributed by atoms with Crippen LogP contribution < -0.4 is 9.64 Å². The fraction of sp³-hybridized carbons (Fsp3) is 0.185. The number of hydrogen-bond donors (Lipinski definition) is 1. The molecular weight excluding hydrogens is 418 g/mol. The molecule has 0 heterocycles. The number of benzene rings is 3. The minimum Gasteiger partial charge on any atom is -0.494 e. The van der Waals surface area contributed by atoms with E-state index in [4.69, 9.17) is 14.6 Å². The zero-order valence-electron chi connectivity index (χ0n) is 18.3. The Hall–Kier alpha value is -4.06. The van der Waals surface area contributed by atoms with Crippen molar-refractivity contribution in [1.82, 2.24) is 0 Å². The van der Waals surface area contributed by atoms with Gasteiger partial charge >= 0.3 is 12.1 Å². The summed E-state index contributed by atoms with van der Waals surface area (Å²) in [5.41, 5.74) is 2.37. The first-order valence-electron chi connectivity index (χ1n) is 10.8. The van der Waals surface area contributed by atoms with Gasteiger partial charge in [0.25, 0.3) is 0 Å². The van der Waals surface area contributed by atoms with E-state index in [1.807, 2.05) is 91.0 Å². The molecule has 0 atom stereocenters. The van der Waals surface area contributed by atoms with Gasteiger partial charge in [-0.1, -0.05) is 54.6 Å². The first kappa shape index (κ1) is 23.6. The fourth-order valence-electron chi connectivity index (χ4n) is 3.16. The molecule has 0 aliphatic carbocycles. The number of carboxylic acids is 1. The standard InChI is InChI=1S/C27H27NO5/c29-26(30)18-7-8-19-32-25-17-9-11-22(21-25)12-10-20-33-27(31)28(23-13-3-1-4-14-23)24-15-5-2-6-16-24/h1-6,9-17,21H,7-8,18-20H2,(H,29,30). The van der Waals surface area contributed by atoms with Gasteiger partial charge in [0.2, 0.25) is 0 Å². The van der Waals surface area contributed by atoms with Crippen molar-refractivity contribution in [3.8, 4) is 5.75 Å². The van der Waals surface area contributed by atoms with E-state index in [-0.39, 0.29) is 13.0 Å². The number of carbonyl (C=O) groups is 2. The van der Waals surface area contributed by atoms with Gasteiger partial charge in [-0.15, -0.1) is 0 Å². The lowest BCUT2D eigenvalue weighted by Crippen LogP contribution is -2.26. The maximum Gasteiger partial charge on any atom is 0.419 e. The van der Waals surface area contributed by atoms with Crippen LogP contribution in [0.15, 0.2) is 91.0 Å². The Kier molecular flexibility index (Phi) is 9.09. The van der Waals surface area contributed by atoms with Gasteiger partial charge in [0.05, 0.1) is 18.0 Å². The first-order chi connectivity index (χ1) is 16.1. The molecule has 0 aliphatic heterocycles. The third-order valence-corrected chi connectivity index (χ3v) is 4.74. The minimum absolute atomic E-state index is 0.120. The summed E-state index contributed by atoms with van der Waals surface area (Å²) in [5.74, 6) is -0.0812. The monoisotopic (exact) mass is 445 g/mol. The van der Waals surface area contributed by atoms with E-state index in [0.717, 1.165) is 16.9 Å². The van der Waals surface area contributed by atoms with Crippen LogP contribution in [0.4, 0.5) is 16.2 Å². The molecule has 0 saturated carbocycles. The van der Waals surface area contributed by atoms with Crippen molar-refractivity contribution in [3.05, 3.63) is 96.6 Å². The van der Waals surface area contributed by atoms with Gasteiger partial charge in [0.15, 0.2) is 0 Å². The molecule has 33 heavy (non-hydrogen) atoms. The summed E-state index contributed by atoms with van der Waals surface area (Å²) in [4.78, 5) is 24.9. The van der Waals surface area contributed by atoms with Crippen LogP contribution >= 0.6 is 0 Å².